The van der Waals surface area contributed by atoms with Crippen molar-refractivity contribution in [1.82, 2.24) is 9.97 Å². The lowest BCUT2D eigenvalue weighted by atomic mass is 10.1. The molecule has 0 N–H and O–H groups in total. The van der Waals surface area contributed by atoms with Gasteiger partial charge >= 0.3 is 0 Å². The molecular weight excluding hydrogens is 259 g/mol. The average Bonchev–Trinajstić information content (AvgIpc) is 2.37. The molecule has 0 saturated carbocycles. The summed E-state index contributed by atoms with van der Waals surface area (Å²) in [6.07, 6.45) is 0.645. The molecule has 1 aliphatic rings. The Morgan fingerprint density at radius 1 is 1.35 bits per heavy atom. The molecule has 0 unspecified atom stereocenters. The van der Waals surface area contributed by atoms with Crippen LogP contribution < -0.4 is 4.74 Å². The SMILES string of the molecule is CCc1nc(OCC2COC2)c2cc(C)cc(F)c2n1. The molecule has 4 nitrogen and oxygen atoms in total. The summed E-state index contributed by atoms with van der Waals surface area (Å²) in [5.74, 6) is 1.15. The monoisotopic (exact) mass is 276 g/mol. The smallest absolute Gasteiger partial charge is 0.224 e. The zero-order valence-electron chi connectivity index (χ0n) is 11.6. The second-order valence-corrected chi connectivity index (χ2v) is 5.16. The molecule has 1 aliphatic heterocycles. The Balaban J connectivity index is 2.02. The van der Waals surface area contributed by atoms with Gasteiger partial charge in [-0.2, -0.15) is 4.98 Å². The molecule has 0 amide bonds. The number of nitrogens with zero attached hydrogens (tertiary/aromatic N) is 2. The number of hydrogen-bond acceptors (Lipinski definition) is 4. The third-order valence-electron chi connectivity index (χ3n) is 3.39. The summed E-state index contributed by atoms with van der Waals surface area (Å²) >= 11 is 0. The first-order valence-corrected chi connectivity index (χ1v) is 6.84. The van der Waals surface area contributed by atoms with Crippen LogP contribution in [0.1, 0.15) is 18.3 Å². The normalized spacial score (nSPS) is 15.3. The maximum atomic E-state index is 14.1. The number of ether oxygens (including phenoxy) is 2. The van der Waals surface area contributed by atoms with Crippen LogP contribution in [0.2, 0.25) is 0 Å². The van der Waals surface area contributed by atoms with Gasteiger partial charge in [-0.1, -0.05) is 6.92 Å². The van der Waals surface area contributed by atoms with E-state index in [1.807, 2.05) is 19.9 Å². The topological polar surface area (TPSA) is 44.2 Å². The number of benzene rings is 1. The van der Waals surface area contributed by atoms with Gasteiger partial charge in [-0.3, -0.25) is 0 Å². The number of fused-ring (bicyclic) bond motifs is 1. The Hall–Kier alpha value is -1.75. The summed E-state index contributed by atoms with van der Waals surface area (Å²) < 4.78 is 25.0. The zero-order valence-corrected chi connectivity index (χ0v) is 11.6. The third-order valence-corrected chi connectivity index (χ3v) is 3.39. The standard InChI is InChI=1S/C15H17FN2O2/c1-3-13-17-14-11(4-9(2)5-12(14)16)15(18-13)20-8-10-6-19-7-10/h4-5,10H,3,6-8H2,1-2H3. The molecule has 5 heteroatoms. The van der Waals surface area contributed by atoms with Crippen molar-refractivity contribution in [3.63, 3.8) is 0 Å². The van der Waals surface area contributed by atoms with Gasteiger partial charge in [0.05, 0.1) is 25.2 Å². The highest BCUT2D eigenvalue weighted by atomic mass is 19.1. The van der Waals surface area contributed by atoms with Crippen molar-refractivity contribution in [2.45, 2.75) is 20.3 Å². The first kappa shape index (κ1) is 13.2. The quantitative estimate of drug-likeness (QED) is 0.861. The van der Waals surface area contributed by atoms with Crippen LogP contribution in [0.3, 0.4) is 0 Å². The van der Waals surface area contributed by atoms with Gasteiger partial charge in [0.2, 0.25) is 5.88 Å². The van der Waals surface area contributed by atoms with Crippen LogP contribution in [-0.4, -0.2) is 29.8 Å². The van der Waals surface area contributed by atoms with Crippen LogP contribution in [0, 0.1) is 18.7 Å². The van der Waals surface area contributed by atoms with Crippen LogP contribution in [0.25, 0.3) is 10.9 Å². The number of halogens is 1. The van der Waals surface area contributed by atoms with E-state index in [-0.39, 0.29) is 5.82 Å². The molecule has 1 saturated heterocycles. The lowest BCUT2D eigenvalue weighted by Gasteiger charge is -2.25. The predicted molar refractivity (Wildman–Crippen MR) is 73.4 cm³/mol. The second kappa shape index (κ2) is 5.32. The van der Waals surface area contributed by atoms with E-state index in [0.717, 1.165) is 18.8 Å². The molecule has 1 aromatic carbocycles. The molecule has 3 rings (SSSR count). The minimum absolute atomic E-state index is 0.325. The van der Waals surface area contributed by atoms with Crippen LogP contribution >= 0.6 is 0 Å². The van der Waals surface area contributed by atoms with Crippen LogP contribution in [0.4, 0.5) is 4.39 Å². The van der Waals surface area contributed by atoms with Gasteiger partial charge < -0.3 is 9.47 Å². The van der Waals surface area contributed by atoms with E-state index in [4.69, 9.17) is 9.47 Å². The predicted octanol–water partition coefficient (Wildman–Crippen LogP) is 2.66. The first-order chi connectivity index (χ1) is 9.67. The first-order valence-electron chi connectivity index (χ1n) is 6.84. The van der Waals surface area contributed by atoms with Crippen LogP contribution in [0.15, 0.2) is 12.1 Å². The summed E-state index contributed by atoms with van der Waals surface area (Å²) in [4.78, 5) is 8.66. The van der Waals surface area contributed by atoms with Gasteiger partial charge in [0.1, 0.15) is 17.2 Å². The van der Waals surface area contributed by atoms with E-state index in [9.17, 15) is 4.39 Å². The molecule has 0 atom stereocenters. The summed E-state index contributed by atoms with van der Waals surface area (Å²) in [5.41, 5.74) is 1.17. The fourth-order valence-electron chi connectivity index (χ4n) is 2.19. The van der Waals surface area contributed by atoms with Crippen molar-refractivity contribution < 1.29 is 13.9 Å². The number of hydrogen-bond donors (Lipinski definition) is 0. The Labute approximate surface area is 116 Å². The number of aromatic nitrogens is 2. The number of rotatable bonds is 4. The summed E-state index contributed by atoms with van der Waals surface area (Å²) in [5, 5.41) is 0.639. The molecule has 0 spiro atoms. The molecule has 2 heterocycles. The van der Waals surface area contributed by atoms with Crippen molar-refractivity contribution >= 4 is 10.9 Å². The van der Waals surface area contributed by atoms with Crippen molar-refractivity contribution in [1.29, 1.82) is 0 Å². The van der Waals surface area contributed by atoms with Crippen LogP contribution in [0.5, 0.6) is 5.88 Å². The minimum atomic E-state index is -0.325. The minimum Gasteiger partial charge on any atom is -0.477 e. The largest absolute Gasteiger partial charge is 0.477 e. The van der Waals surface area contributed by atoms with E-state index in [2.05, 4.69) is 9.97 Å². The van der Waals surface area contributed by atoms with E-state index in [1.54, 1.807) is 0 Å². The molecule has 2 aromatic rings. The zero-order chi connectivity index (χ0) is 14.1. The molecule has 0 radical (unpaired) electrons. The van der Waals surface area contributed by atoms with Crippen molar-refractivity contribution in [2.75, 3.05) is 19.8 Å². The maximum absolute atomic E-state index is 14.1. The van der Waals surface area contributed by atoms with E-state index in [1.165, 1.54) is 6.07 Å². The molecule has 1 fully saturated rings. The Kier molecular flexibility index (Phi) is 3.53. The van der Waals surface area contributed by atoms with Crippen LogP contribution in [-0.2, 0) is 11.2 Å². The van der Waals surface area contributed by atoms with Gasteiger partial charge in [0.15, 0.2) is 0 Å². The number of aryl methyl sites for hydroxylation is 2. The molecule has 0 bridgehead atoms. The highest BCUT2D eigenvalue weighted by molar-refractivity contribution is 5.84. The van der Waals surface area contributed by atoms with E-state index in [0.29, 0.717) is 41.6 Å². The maximum Gasteiger partial charge on any atom is 0.224 e. The van der Waals surface area contributed by atoms with Gasteiger partial charge in [0.25, 0.3) is 0 Å². The lowest BCUT2D eigenvalue weighted by molar-refractivity contribution is -0.0512. The van der Waals surface area contributed by atoms with Gasteiger partial charge in [-0.25, -0.2) is 9.37 Å². The lowest BCUT2D eigenvalue weighted by Crippen LogP contribution is -2.32. The molecular formula is C15H17FN2O2. The van der Waals surface area contributed by atoms with Crippen molar-refractivity contribution in [3.8, 4) is 5.88 Å². The Morgan fingerprint density at radius 2 is 2.15 bits per heavy atom. The van der Waals surface area contributed by atoms with Gasteiger partial charge in [0, 0.05) is 12.3 Å². The van der Waals surface area contributed by atoms with Gasteiger partial charge in [-0.15, -0.1) is 0 Å². The molecule has 20 heavy (non-hydrogen) atoms. The van der Waals surface area contributed by atoms with Crippen molar-refractivity contribution in [3.05, 3.63) is 29.3 Å². The highest BCUT2D eigenvalue weighted by Crippen LogP contribution is 2.27. The summed E-state index contributed by atoms with van der Waals surface area (Å²) in [6, 6.07) is 3.35. The molecule has 0 aliphatic carbocycles. The Bertz CT molecular complexity index is 641. The molecule has 106 valence electrons. The fourth-order valence-corrected chi connectivity index (χ4v) is 2.19. The average molecular weight is 276 g/mol. The van der Waals surface area contributed by atoms with E-state index < -0.39 is 0 Å². The summed E-state index contributed by atoms with van der Waals surface area (Å²) in [6.45, 7) is 5.77. The third kappa shape index (κ3) is 2.45. The Morgan fingerprint density at radius 3 is 2.80 bits per heavy atom. The second-order valence-electron chi connectivity index (χ2n) is 5.16. The highest BCUT2D eigenvalue weighted by Gasteiger charge is 2.20. The molecule has 1 aromatic heterocycles. The summed E-state index contributed by atoms with van der Waals surface area (Å²) in [7, 11) is 0. The fraction of sp³-hybridized carbons (Fsp3) is 0.467. The van der Waals surface area contributed by atoms with Gasteiger partial charge in [-0.05, 0) is 24.6 Å². The van der Waals surface area contributed by atoms with Crippen molar-refractivity contribution in [2.24, 2.45) is 5.92 Å². The van der Waals surface area contributed by atoms with E-state index >= 15 is 0 Å².